The normalized spacial score (nSPS) is 15.4. The third kappa shape index (κ3) is 3.57. The molecule has 5 rings (SSSR count). The van der Waals surface area contributed by atoms with Crippen molar-refractivity contribution < 1.29 is 31.5 Å². The topological polar surface area (TPSA) is 56.1 Å². The molecule has 34 heavy (non-hydrogen) atoms. The molecule has 1 aliphatic heterocycles. The Morgan fingerprint density at radius 1 is 0.912 bits per heavy atom. The molecule has 1 N–H and O–H groups in total. The van der Waals surface area contributed by atoms with E-state index < -0.39 is 35.2 Å². The number of nitrogens with one attached hydrogen (secondary N) is 1. The van der Waals surface area contributed by atoms with Crippen molar-refractivity contribution in [2.75, 3.05) is 5.32 Å². The minimum absolute atomic E-state index is 0.148. The summed E-state index contributed by atoms with van der Waals surface area (Å²) in [6.45, 7) is 0. The van der Waals surface area contributed by atoms with E-state index in [1.54, 1.807) is 24.3 Å². The van der Waals surface area contributed by atoms with Gasteiger partial charge in [-0.3, -0.25) is 0 Å². The molecule has 0 atom stereocenters. The summed E-state index contributed by atoms with van der Waals surface area (Å²) in [4.78, 5) is 12.8. The van der Waals surface area contributed by atoms with Crippen molar-refractivity contribution in [2.24, 2.45) is 0 Å². The van der Waals surface area contributed by atoms with Gasteiger partial charge in [-0.2, -0.15) is 27.3 Å². The number of aromatic nitrogens is 2. The van der Waals surface area contributed by atoms with Crippen molar-refractivity contribution in [3.8, 4) is 28.1 Å². The molecule has 0 aliphatic carbocycles. The minimum Gasteiger partial charge on any atom is -0.427 e. The maximum absolute atomic E-state index is 14.0. The molecule has 5 nitrogen and oxygen atoms in total. The summed E-state index contributed by atoms with van der Waals surface area (Å²) in [5.41, 5.74) is 1.05. The SMILES string of the molecule is O=C(Nc1ccc2c(c1)C(F)(F)C(F)(F)O2)n1cc(-c2ccc(F)cc2)c(-c2ccccc2)n1. The van der Waals surface area contributed by atoms with Gasteiger partial charge in [-0.1, -0.05) is 42.5 Å². The van der Waals surface area contributed by atoms with E-state index in [2.05, 4.69) is 15.2 Å². The fourth-order valence-corrected chi connectivity index (χ4v) is 3.61. The highest BCUT2D eigenvalue weighted by Gasteiger charge is 2.66. The lowest BCUT2D eigenvalue weighted by atomic mass is 10.0. The van der Waals surface area contributed by atoms with Crippen LogP contribution in [-0.2, 0) is 5.92 Å². The highest BCUT2D eigenvalue weighted by Crippen LogP contribution is 2.53. The number of ether oxygens (including phenoxy) is 1. The number of anilines is 1. The van der Waals surface area contributed by atoms with Crippen LogP contribution < -0.4 is 10.1 Å². The van der Waals surface area contributed by atoms with Crippen LogP contribution in [0.5, 0.6) is 5.75 Å². The van der Waals surface area contributed by atoms with E-state index in [9.17, 15) is 26.7 Å². The number of alkyl halides is 4. The van der Waals surface area contributed by atoms with Gasteiger partial charge in [0, 0.05) is 23.0 Å². The number of carbonyl (C=O) groups excluding carboxylic acids is 1. The average molecular weight is 471 g/mol. The molecule has 172 valence electrons. The molecule has 0 unspecified atom stereocenters. The van der Waals surface area contributed by atoms with Crippen LogP contribution >= 0.6 is 0 Å². The molecule has 1 aromatic heterocycles. The van der Waals surface area contributed by atoms with Gasteiger partial charge in [-0.15, -0.1) is 0 Å². The van der Waals surface area contributed by atoms with E-state index in [1.807, 2.05) is 6.07 Å². The molecule has 0 fully saturated rings. The van der Waals surface area contributed by atoms with Crippen LogP contribution in [-0.4, -0.2) is 21.9 Å². The van der Waals surface area contributed by atoms with Gasteiger partial charge in [0.1, 0.15) is 17.3 Å². The number of hydrogen-bond acceptors (Lipinski definition) is 3. The van der Waals surface area contributed by atoms with Gasteiger partial charge >= 0.3 is 18.1 Å². The van der Waals surface area contributed by atoms with E-state index in [0.29, 0.717) is 22.4 Å². The Bertz CT molecular complexity index is 1390. The Morgan fingerprint density at radius 3 is 2.32 bits per heavy atom. The predicted molar refractivity (Wildman–Crippen MR) is 113 cm³/mol. The monoisotopic (exact) mass is 471 g/mol. The van der Waals surface area contributed by atoms with Gasteiger partial charge in [0.05, 0.1) is 5.56 Å². The molecule has 3 aromatic carbocycles. The van der Waals surface area contributed by atoms with Gasteiger partial charge in [-0.25, -0.2) is 9.18 Å². The summed E-state index contributed by atoms with van der Waals surface area (Å²) >= 11 is 0. The average Bonchev–Trinajstić information content (AvgIpc) is 3.33. The van der Waals surface area contributed by atoms with Crippen LogP contribution in [0.25, 0.3) is 22.4 Å². The zero-order valence-corrected chi connectivity index (χ0v) is 17.1. The second-order valence-corrected chi connectivity index (χ2v) is 7.54. The first-order valence-corrected chi connectivity index (χ1v) is 9.97. The number of benzene rings is 3. The van der Waals surface area contributed by atoms with Crippen molar-refractivity contribution in [3.63, 3.8) is 0 Å². The molecule has 4 aromatic rings. The van der Waals surface area contributed by atoms with Crippen LogP contribution in [0, 0.1) is 5.82 Å². The number of rotatable bonds is 3. The number of hydrogen-bond donors (Lipinski definition) is 1. The van der Waals surface area contributed by atoms with E-state index in [4.69, 9.17) is 0 Å². The number of carbonyl (C=O) groups is 1. The molecule has 0 radical (unpaired) electrons. The third-order valence-corrected chi connectivity index (χ3v) is 5.30. The lowest BCUT2D eigenvalue weighted by Crippen LogP contribution is -2.37. The number of halogens is 5. The number of amides is 1. The summed E-state index contributed by atoms with van der Waals surface area (Å²) in [6, 6.07) is 16.5. The smallest absolute Gasteiger partial charge is 0.427 e. The largest absolute Gasteiger partial charge is 0.469 e. The van der Waals surface area contributed by atoms with Crippen molar-refractivity contribution in [3.05, 3.63) is 90.4 Å². The van der Waals surface area contributed by atoms with E-state index >= 15 is 0 Å². The molecular weight excluding hydrogens is 457 g/mol. The van der Waals surface area contributed by atoms with Gasteiger partial charge in [0.25, 0.3) is 0 Å². The molecular formula is C24H14F5N3O2. The molecule has 0 saturated heterocycles. The van der Waals surface area contributed by atoms with Gasteiger partial charge in [0.15, 0.2) is 0 Å². The lowest BCUT2D eigenvalue weighted by molar-refractivity contribution is -0.296. The van der Waals surface area contributed by atoms with E-state index in [0.717, 1.165) is 22.9 Å². The quantitative estimate of drug-likeness (QED) is 0.347. The Morgan fingerprint density at radius 2 is 1.62 bits per heavy atom. The van der Waals surface area contributed by atoms with E-state index in [-0.39, 0.29) is 5.69 Å². The zero-order valence-electron chi connectivity index (χ0n) is 17.1. The summed E-state index contributed by atoms with van der Waals surface area (Å²) in [7, 11) is 0. The Labute approximate surface area is 189 Å². The van der Waals surface area contributed by atoms with Gasteiger partial charge < -0.3 is 10.1 Å². The molecule has 1 amide bonds. The standard InChI is InChI=1S/C24H14F5N3O2/c25-16-8-6-14(7-9-16)18-13-32(31-21(18)15-4-2-1-3-5-15)22(33)30-17-10-11-20-19(12-17)23(26,27)24(28,29)34-20/h1-13H,(H,30,33). The predicted octanol–water partition coefficient (Wildman–Crippen LogP) is 6.51. The highest BCUT2D eigenvalue weighted by atomic mass is 19.3. The van der Waals surface area contributed by atoms with Crippen molar-refractivity contribution in [1.29, 1.82) is 0 Å². The molecule has 10 heteroatoms. The Balaban J connectivity index is 1.49. The molecule has 1 aliphatic rings. The summed E-state index contributed by atoms with van der Waals surface area (Å²) in [5, 5.41) is 6.69. The molecule has 2 heterocycles. The first kappa shape index (κ1) is 21.6. The number of fused-ring (bicyclic) bond motifs is 1. The van der Waals surface area contributed by atoms with Crippen LogP contribution in [0.1, 0.15) is 5.56 Å². The molecule has 0 bridgehead atoms. The van der Waals surface area contributed by atoms with Crippen molar-refractivity contribution >= 4 is 11.7 Å². The maximum atomic E-state index is 14.0. The Kier molecular flexibility index (Phi) is 4.89. The first-order chi connectivity index (χ1) is 16.2. The third-order valence-electron chi connectivity index (χ3n) is 5.30. The van der Waals surface area contributed by atoms with Crippen LogP contribution in [0.4, 0.5) is 32.4 Å². The summed E-state index contributed by atoms with van der Waals surface area (Å²) in [5.74, 6) is -5.65. The lowest BCUT2D eigenvalue weighted by Gasteiger charge is -2.16. The van der Waals surface area contributed by atoms with Crippen LogP contribution in [0.3, 0.4) is 0 Å². The minimum atomic E-state index is -4.69. The van der Waals surface area contributed by atoms with Crippen molar-refractivity contribution in [2.45, 2.75) is 12.0 Å². The Hall–Kier alpha value is -4.21. The van der Waals surface area contributed by atoms with Gasteiger partial charge in [0.2, 0.25) is 0 Å². The van der Waals surface area contributed by atoms with Crippen molar-refractivity contribution in [1.82, 2.24) is 9.78 Å². The zero-order chi connectivity index (χ0) is 24.1. The summed E-state index contributed by atoms with van der Waals surface area (Å²) in [6.07, 6.45) is -3.28. The van der Waals surface area contributed by atoms with Crippen LogP contribution in [0.15, 0.2) is 79.0 Å². The highest BCUT2D eigenvalue weighted by molar-refractivity contribution is 5.93. The fraction of sp³-hybridized carbons (Fsp3) is 0.0833. The first-order valence-electron chi connectivity index (χ1n) is 9.97. The molecule has 0 saturated carbocycles. The van der Waals surface area contributed by atoms with Crippen LogP contribution in [0.2, 0.25) is 0 Å². The fourth-order valence-electron chi connectivity index (χ4n) is 3.61. The van der Waals surface area contributed by atoms with E-state index in [1.165, 1.54) is 30.5 Å². The maximum Gasteiger partial charge on any atom is 0.469 e. The molecule has 0 spiro atoms. The number of nitrogens with zero attached hydrogens (tertiary/aromatic N) is 2. The second kappa shape index (κ2) is 7.68. The summed E-state index contributed by atoms with van der Waals surface area (Å²) < 4.78 is 73.3. The second-order valence-electron chi connectivity index (χ2n) is 7.54. The van der Waals surface area contributed by atoms with Gasteiger partial charge in [-0.05, 0) is 35.9 Å².